The lowest BCUT2D eigenvalue weighted by atomic mass is 9.92. The molecule has 0 aliphatic carbocycles. The number of fused-ring (bicyclic) bond motifs is 2. The van der Waals surface area contributed by atoms with Gasteiger partial charge in [-0.2, -0.15) is 8.42 Å². The highest BCUT2D eigenvalue weighted by Crippen LogP contribution is 2.44. The first kappa shape index (κ1) is 19.4. The largest absolute Gasteiger partial charge is 0.496 e. The Hall–Kier alpha value is -2.89. The fraction of sp³-hybridized carbons (Fsp3) is 0.167. The number of aryl methyl sites for hydroxylation is 1. The van der Waals surface area contributed by atoms with Crippen LogP contribution in [0.4, 0.5) is 0 Å². The van der Waals surface area contributed by atoms with Crippen LogP contribution in [0.5, 0.6) is 5.75 Å². The first-order valence-electron chi connectivity index (χ1n) is 9.45. The predicted octanol–water partition coefficient (Wildman–Crippen LogP) is 5.70. The average Bonchev–Trinajstić information content (AvgIpc) is 2.72. The number of rotatable bonds is 5. The maximum absolute atomic E-state index is 13.0. The number of benzene rings is 4. The second-order valence-corrected chi connectivity index (χ2v) is 8.47. The highest BCUT2D eigenvalue weighted by Gasteiger charge is 2.25. The molecule has 0 N–H and O–H groups in total. The molecular formula is C24H22O4S. The van der Waals surface area contributed by atoms with Crippen LogP contribution in [-0.4, -0.2) is 22.1 Å². The Bertz CT molecular complexity index is 1320. The van der Waals surface area contributed by atoms with E-state index in [0.29, 0.717) is 11.3 Å². The third-order valence-electron chi connectivity index (χ3n) is 5.04. The van der Waals surface area contributed by atoms with E-state index in [1.165, 1.54) is 0 Å². The van der Waals surface area contributed by atoms with E-state index in [1.807, 2.05) is 61.5 Å². The molecule has 0 heterocycles. The molecule has 0 amide bonds. The molecule has 4 aromatic carbocycles. The Labute approximate surface area is 170 Å². The van der Waals surface area contributed by atoms with Crippen molar-refractivity contribution >= 4 is 31.7 Å². The average molecular weight is 407 g/mol. The number of ether oxygens (including phenoxy) is 1. The van der Waals surface area contributed by atoms with Crippen molar-refractivity contribution in [1.82, 2.24) is 0 Å². The van der Waals surface area contributed by atoms with Gasteiger partial charge in [0.15, 0.2) is 0 Å². The van der Waals surface area contributed by atoms with Crippen LogP contribution in [0.2, 0.25) is 0 Å². The van der Waals surface area contributed by atoms with Crippen molar-refractivity contribution in [3.63, 3.8) is 0 Å². The molecule has 29 heavy (non-hydrogen) atoms. The Balaban J connectivity index is 2.22. The van der Waals surface area contributed by atoms with Crippen molar-refractivity contribution < 1.29 is 17.3 Å². The van der Waals surface area contributed by atoms with Gasteiger partial charge >= 0.3 is 0 Å². The molecule has 0 aliphatic rings. The fourth-order valence-corrected chi connectivity index (χ4v) is 4.93. The van der Waals surface area contributed by atoms with Gasteiger partial charge in [-0.25, -0.2) is 0 Å². The van der Waals surface area contributed by atoms with Crippen LogP contribution in [0, 0.1) is 6.92 Å². The van der Waals surface area contributed by atoms with E-state index in [0.717, 1.165) is 32.7 Å². The summed E-state index contributed by atoms with van der Waals surface area (Å²) in [5, 5.41) is 3.73. The van der Waals surface area contributed by atoms with Crippen LogP contribution in [-0.2, 0) is 14.3 Å². The maximum atomic E-state index is 13.0. The maximum Gasteiger partial charge on any atom is 0.297 e. The molecule has 0 unspecified atom stereocenters. The molecule has 0 atom stereocenters. The Morgan fingerprint density at radius 3 is 2.31 bits per heavy atom. The summed E-state index contributed by atoms with van der Waals surface area (Å²) in [5.74, 6) is 0.616. The predicted molar refractivity (Wildman–Crippen MR) is 117 cm³/mol. The van der Waals surface area contributed by atoms with Crippen LogP contribution >= 0.6 is 0 Å². The van der Waals surface area contributed by atoms with Crippen molar-refractivity contribution in [1.29, 1.82) is 0 Å². The Morgan fingerprint density at radius 1 is 0.828 bits per heavy atom. The zero-order chi connectivity index (χ0) is 20.6. The van der Waals surface area contributed by atoms with Crippen molar-refractivity contribution in [3.05, 3.63) is 72.3 Å². The summed E-state index contributed by atoms with van der Waals surface area (Å²) in [4.78, 5) is 0.143. The summed E-state index contributed by atoms with van der Waals surface area (Å²) in [6.07, 6.45) is 0. The molecular weight excluding hydrogens is 384 g/mol. The van der Waals surface area contributed by atoms with Gasteiger partial charge in [0.2, 0.25) is 0 Å². The lowest BCUT2D eigenvalue weighted by Gasteiger charge is -2.18. The van der Waals surface area contributed by atoms with Crippen molar-refractivity contribution in [2.45, 2.75) is 18.7 Å². The van der Waals surface area contributed by atoms with E-state index in [2.05, 4.69) is 6.07 Å². The van der Waals surface area contributed by atoms with Crippen molar-refractivity contribution in [2.24, 2.45) is 0 Å². The summed E-state index contributed by atoms with van der Waals surface area (Å²) in [6, 6.07) is 21.2. The second-order valence-electron chi connectivity index (χ2n) is 6.89. The standard InChI is InChI=1S/C24H22O4S/c1-4-28-29(25,26)22-14-11-17-7-5-6-8-19(17)24(22)23-20-12-9-16(2)15-18(20)10-13-21(23)27-3/h5-15H,4H2,1-3H3. The molecule has 0 aromatic heterocycles. The van der Waals surface area contributed by atoms with Crippen LogP contribution in [0.1, 0.15) is 12.5 Å². The van der Waals surface area contributed by atoms with Gasteiger partial charge in [0, 0.05) is 11.1 Å². The minimum atomic E-state index is -3.94. The molecule has 0 radical (unpaired) electrons. The Kier molecular flexibility index (Phi) is 5.03. The lowest BCUT2D eigenvalue weighted by molar-refractivity contribution is 0.338. The summed E-state index contributed by atoms with van der Waals surface area (Å²) in [7, 11) is -2.34. The molecule has 0 aliphatic heterocycles. The molecule has 148 valence electrons. The number of methoxy groups -OCH3 is 1. The van der Waals surface area contributed by atoms with Gasteiger partial charge in [-0.3, -0.25) is 4.18 Å². The van der Waals surface area contributed by atoms with E-state index in [-0.39, 0.29) is 11.5 Å². The van der Waals surface area contributed by atoms with Gasteiger partial charge in [0.05, 0.1) is 13.7 Å². The summed E-state index contributed by atoms with van der Waals surface area (Å²) >= 11 is 0. The zero-order valence-electron chi connectivity index (χ0n) is 16.6. The van der Waals surface area contributed by atoms with Gasteiger partial charge in [-0.05, 0) is 47.5 Å². The molecule has 0 fully saturated rings. The second kappa shape index (κ2) is 7.50. The summed E-state index contributed by atoms with van der Waals surface area (Å²) < 4.78 is 36.8. The zero-order valence-corrected chi connectivity index (χ0v) is 17.4. The van der Waals surface area contributed by atoms with Crippen LogP contribution in [0.25, 0.3) is 32.7 Å². The topological polar surface area (TPSA) is 52.6 Å². The van der Waals surface area contributed by atoms with Crippen molar-refractivity contribution in [3.8, 4) is 16.9 Å². The SMILES string of the molecule is CCOS(=O)(=O)c1ccc2ccccc2c1-c1c(OC)ccc2cc(C)ccc12. The third-order valence-corrected chi connectivity index (χ3v) is 6.47. The van der Waals surface area contributed by atoms with Crippen LogP contribution in [0.15, 0.2) is 71.6 Å². The minimum absolute atomic E-state index is 0.0699. The normalized spacial score (nSPS) is 11.8. The van der Waals surface area contributed by atoms with Crippen LogP contribution < -0.4 is 4.74 Å². The van der Waals surface area contributed by atoms with Crippen LogP contribution in [0.3, 0.4) is 0 Å². The van der Waals surface area contributed by atoms with E-state index >= 15 is 0 Å². The molecule has 0 spiro atoms. The highest BCUT2D eigenvalue weighted by atomic mass is 32.2. The van der Waals surface area contributed by atoms with Gasteiger partial charge in [0.1, 0.15) is 10.6 Å². The number of hydrogen-bond donors (Lipinski definition) is 0. The number of hydrogen-bond acceptors (Lipinski definition) is 4. The first-order valence-corrected chi connectivity index (χ1v) is 10.9. The molecule has 4 rings (SSSR count). The molecule has 0 bridgehead atoms. The van der Waals surface area contributed by atoms with E-state index in [4.69, 9.17) is 8.92 Å². The van der Waals surface area contributed by atoms with Gasteiger partial charge < -0.3 is 4.74 Å². The van der Waals surface area contributed by atoms with E-state index < -0.39 is 10.1 Å². The molecule has 4 nitrogen and oxygen atoms in total. The molecule has 0 saturated heterocycles. The molecule has 5 heteroatoms. The lowest BCUT2D eigenvalue weighted by Crippen LogP contribution is -2.08. The summed E-state index contributed by atoms with van der Waals surface area (Å²) in [5.41, 5.74) is 2.48. The minimum Gasteiger partial charge on any atom is -0.496 e. The van der Waals surface area contributed by atoms with Crippen molar-refractivity contribution in [2.75, 3.05) is 13.7 Å². The summed E-state index contributed by atoms with van der Waals surface area (Å²) in [6.45, 7) is 3.77. The molecule has 0 saturated carbocycles. The smallest absolute Gasteiger partial charge is 0.297 e. The quantitative estimate of drug-likeness (QED) is 0.399. The Morgan fingerprint density at radius 2 is 1.55 bits per heavy atom. The highest BCUT2D eigenvalue weighted by molar-refractivity contribution is 7.87. The fourth-order valence-electron chi connectivity index (χ4n) is 3.79. The third kappa shape index (κ3) is 3.37. The van der Waals surface area contributed by atoms with Gasteiger partial charge in [-0.15, -0.1) is 0 Å². The van der Waals surface area contributed by atoms with Gasteiger partial charge in [-0.1, -0.05) is 60.2 Å². The van der Waals surface area contributed by atoms with E-state index in [1.54, 1.807) is 20.1 Å². The molecule has 4 aromatic rings. The van der Waals surface area contributed by atoms with E-state index in [9.17, 15) is 8.42 Å². The van der Waals surface area contributed by atoms with Gasteiger partial charge in [0.25, 0.3) is 10.1 Å². The monoisotopic (exact) mass is 406 g/mol. The first-order chi connectivity index (χ1) is 14.0.